The third-order valence-corrected chi connectivity index (χ3v) is 3.66. The van der Waals surface area contributed by atoms with Gasteiger partial charge in [0.2, 0.25) is 6.41 Å². The molecule has 1 aliphatic heterocycles. The lowest BCUT2D eigenvalue weighted by atomic mass is 10.2. The molecule has 1 aromatic carbocycles. The van der Waals surface area contributed by atoms with E-state index in [-0.39, 0.29) is 0 Å². The summed E-state index contributed by atoms with van der Waals surface area (Å²) >= 11 is 11.5. The number of carbonyl (C=O) groups is 1. The molecule has 1 heterocycles. The summed E-state index contributed by atoms with van der Waals surface area (Å²) < 4.78 is 0. The molecule has 1 fully saturated rings. The van der Waals surface area contributed by atoms with Gasteiger partial charge in [-0.15, -0.1) is 0 Å². The second kappa shape index (κ2) is 8.38. The molecule has 1 aromatic rings. The highest BCUT2D eigenvalue weighted by Gasteiger charge is 2.10. The van der Waals surface area contributed by atoms with Gasteiger partial charge in [-0.3, -0.25) is 4.79 Å². The van der Waals surface area contributed by atoms with Crippen LogP contribution >= 0.6 is 23.2 Å². The molecule has 19 heavy (non-hydrogen) atoms. The van der Waals surface area contributed by atoms with Gasteiger partial charge in [0.25, 0.3) is 0 Å². The molecule has 0 radical (unpaired) electrons. The van der Waals surface area contributed by atoms with Gasteiger partial charge in [-0.05, 0) is 19.2 Å². The van der Waals surface area contributed by atoms with E-state index in [1.165, 1.54) is 0 Å². The van der Waals surface area contributed by atoms with E-state index in [9.17, 15) is 4.79 Å². The highest BCUT2D eigenvalue weighted by Crippen LogP contribution is 2.22. The second-order valence-corrected chi connectivity index (χ2v) is 5.16. The van der Waals surface area contributed by atoms with Crippen molar-refractivity contribution in [2.24, 2.45) is 5.73 Å². The predicted molar refractivity (Wildman–Crippen MR) is 79.5 cm³/mol. The Kier molecular flexibility index (Phi) is 7.16. The summed E-state index contributed by atoms with van der Waals surface area (Å²) in [7, 11) is 2.07. The molecule has 2 rings (SSSR count). The molecule has 0 atom stereocenters. The summed E-state index contributed by atoms with van der Waals surface area (Å²) in [6, 6.07) is 5.34. The number of carbonyl (C=O) groups excluding carboxylic acids is 1. The van der Waals surface area contributed by atoms with Gasteiger partial charge in [0.05, 0.1) is 0 Å². The van der Waals surface area contributed by atoms with Crippen LogP contribution < -0.4 is 5.73 Å². The second-order valence-electron chi connectivity index (χ2n) is 4.35. The quantitative estimate of drug-likeness (QED) is 0.848. The van der Waals surface area contributed by atoms with Gasteiger partial charge in [-0.1, -0.05) is 29.3 Å². The summed E-state index contributed by atoms with van der Waals surface area (Å²) in [5, 5.41) is 1.27. The first-order chi connectivity index (χ1) is 9.08. The number of rotatable bonds is 2. The topological polar surface area (TPSA) is 49.6 Å². The van der Waals surface area contributed by atoms with Gasteiger partial charge >= 0.3 is 0 Å². The zero-order valence-electron chi connectivity index (χ0n) is 11.0. The van der Waals surface area contributed by atoms with Crippen molar-refractivity contribution >= 4 is 29.6 Å². The molecule has 2 N–H and O–H groups in total. The minimum absolute atomic E-state index is 0.387. The average molecular weight is 304 g/mol. The Morgan fingerprint density at radius 2 is 1.74 bits per heavy atom. The monoisotopic (exact) mass is 303 g/mol. The summed E-state index contributed by atoms with van der Waals surface area (Å²) in [6.45, 7) is 4.19. The van der Waals surface area contributed by atoms with Crippen LogP contribution in [0.3, 0.4) is 0 Å². The van der Waals surface area contributed by atoms with E-state index in [1.807, 2.05) is 0 Å². The fourth-order valence-corrected chi connectivity index (χ4v) is 2.21. The molecule has 6 heteroatoms. The van der Waals surface area contributed by atoms with Crippen LogP contribution in [0.1, 0.15) is 5.56 Å². The molecule has 0 bridgehead atoms. The molecule has 0 unspecified atom stereocenters. The number of piperazine rings is 1. The van der Waals surface area contributed by atoms with Gasteiger partial charge in [-0.2, -0.15) is 0 Å². The maximum atomic E-state index is 10.2. The molecule has 1 amide bonds. The van der Waals surface area contributed by atoms with Crippen molar-refractivity contribution in [1.29, 1.82) is 0 Å². The summed E-state index contributed by atoms with van der Waals surface area (Å²) in [6.07, 6.45) is 0.924. The number of benzene rings is 1. The van der Waals surface area contributed by atoms with Crippen LogP contribution in [-0.2, 0) is 11.3 Å². The van der Waals surface area contributed by atoms with E-state index >= 15 is 0 Å². The number of likely N-dealkylation sites (N-methyl/N-ethyl adjacent to an activating group) is 1. The molecule has 106 valence electrons. The molecule has 4 nitrogen and oxygen atoms in total. The van der Waals surface area contributed by atoms with Crippen molar-refractivity contribution < 1.29 is 4.79 Å². The van der Waals surface area contributed by atoms with Gasteiger partial charge in [0, 0.05) is 48.3 Å². The van der Waals surface area contributed by atoms with Gasteiger partial charge < -0.3 is 15.5 Å². The van der Waals surface area contributed by atoms with Crippen LogP contribution in [0.4, 0.5) is 0 Å². The number of halogens is 2. The summed E-state index contributed by atoms with van der Waals surface area (Å²) in [5.74, 6) is 0. The van der Waals surface area contributed by atoms with Crippen molar-refractivity contribution in [3.63, 3.8) is 0 Å². The van der Waals surface area contributed by atoms with E-state index in [1.54, 1.807) is 23.1 Å². The minimum Gasteiger partial charge on any atom is -0.343 e. The molecule has 1 aliphatic rings. The molecule has 0 spiro atoms. The van der Waals surface area contributed by atoms with Crippen LogP contribution in [0.15, 0.2) is 18.2 Å². The van der Waals surface area contributed by atoms with Gasteiger partial charge in [0.15, 0.2) is 0 Å². The zero-order chi connectivity index (χ0) is 14.3. The van der Waals surface area contributed by atoms with E-state index in [0.717, 1.165) is 38.2 Å². The number of hydrogen-bond acceptors (Lipinski definition) is 3. The first kappa shape index (κ1) is 16.2. The molecular weight excluding hydrogens is 285 g/mol. The van der Waals surface area contributed by atoms with Crippen LogP contribution in [0, 0.1) is 0 Å². The fraction of sp³-hybridized carbons (Fsp3) is 0.462. The molecule has 0 saturated carbocycles. The van der Waals surface area contributed by atoms with E-state index < -0.39 is 0 Å². The average Bonchev–Trinajstić information content (AvgIpc) is 2.41. The Balaban J connectivity index is 0.000000191. The van der Waals surface area contributed by atoms with Crippen molar-refractivity contribution in [3.8, 4) is 0 Å². The molecule has 0 aromatic heterocycles. The number of hydrogen-bond donors (Lipinski definition) is 1. The van der Waals surface area contributed by atoms with E-state index in [0.29, 0.717) is 16.6 Å². The van der Waals surface area contributed by atoms with Crippen LogP contribution in [0.2, 0.25) is 10.0 Å². The number of amides is 1. The van der Waals surface area contributed by atoms with Crippen LogP contribution in [-0.4, -0.2) is 49.4 Å². The van der Waals surface area contributed by atoms with Crippen molar-refractivity contribution in [1.82, 2.24) is 9.80 Å². The summed E-state index contributed by atoms with van der Waals surface area (Å²) in [5.41, 5.74) is 6.19. The maximum absolute atomic E-state index is 10.2. The van der Waals surface area contributed by atoms with Crippen molar-refractivity contribution in [3.05, 3.63) is 33.8 Å². The third-order valence-electron chi connectivity index (χ3n) is 2.95. The SMILES string of the molecule is CN1CCN(C=O)CC1.NCc1c(Cl)cccc1Cl. The Morgan fingerprint density at radius 1 is 1.21 bits per heavy atom. The highest BCUT2D eigenvalue weighted by atomic mass is 35.5. The van der Waals surface area contributed by atoms with Gasteiger partial charge in [0.1, 0.15) is 0 Å². The zero-order valence-corrected chi connectivity index (χ0v) is 12.5. The standard InChI is InChI=1S/C7H7Cl2N.C6H12N2O/c8-6-2-1-3-7(9)5(6)4-10;1-7-2-4-8(6-9)5-3-7/h1-3H,4,10H2;6H,2-5H2,1H3. The van der Waals surface area contributed by atoms with Crippen LogP contribution in [0.25, 0.3) is 0 Å². The van der Waals surface area contributed by atoms with Crippen molar-refractivity contribution in [2.75, 3.05) is 33.2 Å². The largest absolute Gasteiger partial charge is 0.343 e. The smallest absolute Gasteiger partial charge is 0.209 e. The Bertz CT molecular complexity index is 387. The summed E-state index contributed by atoms with van der Waals surface area (Å²) in [4.78, 5) is 14.2. The number of nitrogens with two attached hydrogens (primary N) is 1. The highest BCUT2D eigenvalue weighted by molar-refractivity contribution is 6.35. The lowest BCUT2D eigenvalue weighted by Gasteiger charge is -2.29. The predicted octanol–water partition coefficient (Wildman–Crippen LogP) is 1.84. The molecule has 0 aliphatic carbocycles. The minimum atomic E-state index is 0.387. The van der Waals surface area contributed by atoms with Crippen LogP contribution in [0.5, 0.6) is 0 Å². The lowest BCUT2D eigenvalue weighted by molar-refractivity contribution is -0.119. The first-order valence-corrected chi connectivity index (χ1v) is 6.85. The fourth-order valence-electron chi connectivity index (χ4n) is 1.65. The maximum Gasteiger partial charge on any atom is 0.209 e. The van der Waals surface area contributed by atoms with Gasteiger partial charge in [-0.25, -0.2) is 0 Å². The molecule has 1 saturated heterocycles. The Labute approximate surface area is 124 Å². The number of nitrogens with zero attached hydrogens (tertiary/aromatic N) is 2. The first-order valence-electron chi connectivity index (χ1n) is 6.09. The Hall–Kier alpha value is -0.810. The van der Waals surface area contributed by atoms with Crippen molar-refractivity contribution in [2.45, 2.75) is 6.54 Å². The Morgan fingerprint density at radius 3 is 2.11 bits per heavy atom. The van der Waals surface area contributed by atoms with E-state index in [4.69, 9.17) is 28.9 Å². The third kappa shape index (κ3) is 5.37. The molecular formula is C13H19Cl2N3O. The van der Waals surface area contributed by atoms with E-state index in [2.05, 4.69) is 11.9 Å². The normalized spacial score (nSPS) is 15.7. The lowest BCUT2D eigenvalue weighted by Crippen LogP contribution is -2.43.